The van der Waals surface area contributed by atoms with Gasteiger partial charge in [0.2, 0.25) is 5.91 Å². The largest absolute Gasteiger partial charge is 0.380 e. The van der Waals surface area contributed by atoms with E-state index in [1.807, 2.05) is 0 Å². The van der Waals surface area contributed by atoms with E-state index < -0.39 is 0 Å². The highest BCUT2D eigenvalue weighted by molar-refractivity contribution is 7.80. The lowest BCUT2D eigenvalue weighted by molar-refractivity contribution is -0.137. The molecule has 1 saturated heterocycles. The standard InChI is InChI=1S/C10H13NO3S/c1-11-9(13)6-3-5(12)4-7(14-2)8(6)10(11)15/h6-8H,3-4H2,1-2H3/t6-,7-,8-/m1/s1. The molecule has 4 nitrogen and oxygen atoms in total. The normalized spacial score (nSPS) is 36.0. The maximum absolute atomic E-state index is 11.8. The number of amides is 1. The van der Waals surface area contributed by atoms with Gasteiger partial charge in [-0.25, -0.2) is 0 Å². The average molecular weight is 227 g/mol. The van der Waals surface area contributed by atoms with E-state index >= 15 is 0 Å². The van der Waals surface area contributed by atoms with Crippen LogP contribution in [-0.2, 0) is 14.3 Å². The molecule has 0 aromatic carbocycles. The maximum atomic E-state index is 11.8. The second-order valence-electron chi connectivity index (χ2n) is 4.09. The monoisotopic (exact) mass is 227 g/mol. The van der Waals surface area contributed by atoms with Gasteiger partial charge < -0.3 is 9.64 Å². The Labute approximate surface area is 93.6 Å². The molecular formula is C10H13NO3S. The van der Waals surface area contributed by atoms with Crippen LogP contribution in [0.1, 0.15) is 12.8 Å². The number of rotatable bonds is 1. The summed E-state index contributed by atoms with van der Waals surface area (Å²) < 4.78 is 5.26. The fourth-order valence-corrected chi connectivity index (χ4v) is 2.86. The first-order chi connectivity index (χ1) is 7.06. The van der Waals surface area contributed by atoms with Gasteiger partial charge in [0.05, 0.1) is 17.0 Å². The van der Waals surface area contributed by atoms with E-state index in [9.17, 15) is 9.59 Å². The van der Waals surface area contributed by atoms with E-state index in [2.05, 4.69) is 0 Å². The van der Waals surface area contributed by atoms with E-state index in [1.54, 1.807) is 14.2 Å². The number of carbonyl (C=O) groups excluding carboxylic acids is 2. The van der Waals surface area contributed by atoms with Gasteiger partial charge in [-0.05, 0) is 0 Å². The molecule has 0 aromatic heterocycles. The smallest absolute Gasteiger partial charge is 0.231 e. The first-order valence-electron chi connectivity index (χ1n) is 4.92. The zero-order valence-electron chi connectivity index (χ0n) is 8.73. The number of nitrogens with zero attached hydrogens (tertiary/aromatic N) is 1. The van der Waals surface area contributed by atoms with E-state index in [0.29, 0.717) is 17.8 Å². The van der Waals surface area contributed by atoms with Crippen molar-refractivity contribution in [3.63, 3.8) is 0 Å². The van der Waals surface area contributed by atoms with Crippen molar-refractivity contribution in [1.29, 1.82) is 0 Å². The summed E-state index contributed by atoms with van der Waals surface area (Å²) >= 11 is 5.21. The molecule has 0 N–H and O–H groups in total. The number of hydrogen-bond acceptors (Lipinski definition) is 4. The summed E-state index contributed by atoms with van der Waals surface area (Å²) in [4.78, 5) is 25.3. The highest BCUT2D eigenvalue weighted by Crippen LogP contribution is 2.38. The third-order valence-electron chi connectivity index (χ3n) is 3.28. The zero-order chi connectivity index (χ0) is 11.2. The number of carbonyl (C=O) groups is 2. The molecule has 2 fully saturated rings. The van der Waals surface area contributed by atoms with Crippen LogP contribution in [0.4, 0.5) is 0 Å². The quantitative estimate of drug-likeness (QED) is 0.608. The SMILES string of the molecule is CO[C@@H]1CC(=O)C[C@H]2C(=O)N(C)C(=S)[C@@H]12. The number of thiocarbonyl (C=S) groups is 1. The minimum atomic E-state index is -0.284. The summed E-state index contributed by atoms with van der Waals surface area (Å²) in [6.45, 7) is 0. The van der Waals surface area contributed by atoms with E-state index in [-0.39, 0.29) is 29.6 Å². The Balaban J connectivity index is 2.32. The van der Waals surface area contributed by atoms with Crippen molar-refractivity contribution in [2.75, 3.05) is 14.2 Å². The molecule has 0 unspecified atom stereocenters. The molecule has 0 spiro atoms. The Morgan fingerprint density at radius 3 is 2.67 bits per heavy atom. The van der Waals surface area contributed by atoms with Gasteiger partial charge in [-0.2, -0.15) is 0 Å². The third-order valence-corrected chi connectivity index (χ3v) is 3.82. The Hall–Kier alpha value is -0.810. The summed E-state index contributed by atoms with van der Waals surface area (Å²) in [5.41, 5.74) is 0. The number of ether oxygens (including phenoxy) is 1. The van der Waals surface area contributed by atoms with Crippen LogP contribution in [0.2, 0.25) is 0 Å². The molecule has 1 aliphatic heterocycles. The first-order valence-corrected chi connectivity index (χ1v) is 5.33. The molecular weight excluding hydrogens is 214 g/mol. The number of ketones is 1. The predicted molar refractivity (Wildman–Crippen MR) is 57.4 cm³/mol. The van der Waals surface area contributed by atoms with Crippen molar-refractivity contribution < 1.29 is 14.3 Å². The molecule has 0 bridgehead atoms. The van der Waals surface area contributed by atoms with Crippen molar-refractivity contribution in [2.45, 2.75) is 18.9 Å². The van der Waals surface area contributed by atoms with Crippen molar-refractivity contribution in [2.24, 2.45) is 11.8 Å². The molecule has 1 heterocycles. The van der Waals surface area contributed by atoms with Gasteiger partial charge in [-0.1, -0.05) is 12.2 Å². The predicted octanol–water partition coefficient (Wildman–Crippen LogP) is 0.396. The van der Waals surface area contributed by atoms with Gasteiger partial charge in [0.15, 0.2) is 0 Å². The summed E-state index contributed by atoms with van der Waals surface area (Å²) in [5.74, 6) is -0.316. The summed E-state index contributed by atoms with van der Waals surface area (Å²) in [6, 6.07) is 0. The molecule has 0 aromatic rings. The summed E-state index contributed by atoms with van der Waals surface area (Å²) in [7, 11) is 3.23. The number of likely N-dealkylation sites (tertiary alicyclic amines) is 1. The first kappa shape index (κ1) is 10.7. The van der Waals surface area contributed by atoms with E-state index in [1.165, 1.54) is 4.90 Å². The Kier molecular flexibility index (Phi) is 2.60. The number of fused-ring (bicyclic) bond motifs is 1. The van der Waals surface area contributed by atoms with Gasteiger partial charge in [0, 0.05) is 32.9 Å². The highest BCUT2D eigenvalue weighted by atomic mass is 32.1. The number of hydrogen-bond donors (Lipinski definition) is 0. The van der Waals surface area contributed by atoms with Gasteiger partial charge in [0.1, 0.15) is 5.78 Å². The third kappa shape index (κ3) is 1.50. The van der Waals surface area contributed by atoms with Crippen LogP contribution in [0.3, 0.4) is 0 Å². The topological polar surface area (TPSA) is 46.6 Å². The van der Waals surface area contributed by atoms with Crippen molar-refractivity contribution in [3.05, 3.63) is 0 Å². The second kappa shape index (κ2) is 3.64. The highest BCUT2D eigenvalue weighted by Gasteiger charge is 2.50. The lowest BCUT2D eigenvalue weighted by Crippen LogP contribution is -2.39. The molecule has 2 aliphatic rings. The van der Waals surface area contributed by atoms with Crippen molar-refractivity contribution in [1.82, 2.24) is 4.90 Å². The Morgan fingerprint density at radius 1 is 1.40 bits per heavy atom. The van der Waals surface area contributed by atoms with Gasteiger partial charge in [0.25, 0.3) is 0 Å². The average Bonchev–Trinajstić information content (AvgIpc) is 2.43. The molecule has 5 heteroatoms. The van der Waals surface area contributed by atoms with Crippen LogP contribution in [-0.4, -0.2) is 41.8 Å². The lowest BCUT2D eigenvalue weighted by atomic mass is 9.78. The van der Waals surface area contributed by atoms with Crippen LogP contribution in [0.5, 0.6) is 0 Å². The number of methoxy groups -OCH3 is 1. The maximum Gasteiger partial charge on any atom is 0.231 e. The van der Waals surface area contributed by atoms with Gasteiger partial charge in [-0.15, -0.1) is 0 Å². The van der Waals surface area contributed by atoms with E-state index in [0.717, 1.165) is 0 Å². The molecule has 1 amide bonds. The molecule has 2 rings (SSSR count). The van der Waals surface area contributed by atoms with Crippen LogP contribution < -0.4 is 0 Å². The Bertz CT molecular complexity index is 342. The summed E-state index contributed by atoms with van der Waals surface area (Å²) in [5, 5.41) is 0. The zero-order valence-corrected chi connectivity index (χ0v) is 9.54. The van der Waals surface area contributed by atoms with Crippen LogP contribution in [0.15, 0.2) is 0 Å². The summed E-state index contributed by atoms with van der Waals surface area (Å²) in [6.07, 6.45) is 0.463. The molecule has 82 valence electrons. The van der Waals surface area contributed by atoms with Crippen molar-refractivity contribution in [3.8, 4) is 0 Å². The van der Waals surface area contributed by atoms with Crippen LogP contribution in [0, 0.1) is 11.8 Å². The fraction of sp³-hybridized carbons (Fsp3) is 0.700. The van der Waals surface area contributed by atoms with E-state index in [4.69, 9.17) is 17.0 Å². The van der Waals surface area contributed by atoms with Gasteiger partial charge in [-0.3, -0.25) is 9.59 Å². The van der Waals surface area contributed by atoms with Crippen LogP contribution in [0.25, 0.3) is 0 Å². The van der Waals surface area contributed by atoms with Crippen LogP contribution >= 0.6 is 12.2 Å². The lowest BCUT2D eigenvalue weighted by Gasteiger charge is -2.29. The molecule has 15 heavy (non-hydrogen) atoms. The minimum absolute atomic E-state index is 0.0416. The fourth-order valence-electron chi connectivity index (χ4n) is 2.45. The molecule has 0 radical (unpaired) electrons. The number of Topliss-reactive ketones (excluding diaryl/α,β-unsaturated/α-hetero) is 1. The Morgan fingerprint density at radius 2 is 2.07 bits per heavy atom. The van der Waals surface area contributed by atoms with Gasteiger partial charge >= 0.3 is 0 Å². The molecule has 1 saturated carbocycles. The molecule has 1 aliphatic carbocycles. The van der Waals surface area contributed by atoms with Crippen molar-refractivity contribution >= 4 is 28.9 Å². The molecule has 3 atom stereocenters. The minimum Gasteiger partial charge on any atom is -0.380 e. The second-order valence-corrected chi connectivity index (χ2v) is 4.51.